The average molecular weight is 295 g/mol. The second kappa shape index (κ2) is 5.23. The molecule has 5 nitrogen and oxygen atoms in total. The van der Waals surface area contributed by atoms with Crippen LogP contribution in [0.3, 0.4) is 0 Å². The van der Waals surface area contributed by atoms with Crippen LogP contribution in [-0.4, -0.2) is 10.9 Å². The Labute approximate surface area is 123 Å². The van der Waals surface area contributed by atoms with E-state index in [9.17, 15) is 4.79 Å². The average Bonchev–Trinajstić information content (AvgIpc) is 3.10. The van der Waals surface area contributed by atoms with Crippen LogP contribution in [0.25, 0.3) is 27.1 Å². The zero-order chi connectivity index (χ0) is 14.8. The zero-order valence-corrected chi connectivity index (χ0v) is 11.6. The fourth-order valence-corrected chi connectivity index (χ4v) is 2.75. The van der Waals surface area contributed by atoms with Crippen LogP contribution in [-0.2, 0) is 4.79 Å². The number of carbonyl (C=O) groups is 1. The first-order chi connectivity index (χ1) is 10.2. The lowest BCUT2D eigenvalue weighted by Gasteiger charge is -1.90. The number of nitrogens with zero attached hydrogens (tertiary/aromatic N) is 2. The molecule has 3 aromatic rings. The van der Waals surface area contributed by atoms with E-state index in [2.05, 4.69) is 4.98 Å². The third-order valence-electron chi connectivity index (χ3n) is 2.80. The minimum atomic E-state index is -0.782. The first-order valence-electron chi connectivity index (χ1n) is 6.05. The molecule has 3 rings (SSSR count). The van der Waals surface area contributed by atoms with E-state index in [0.717, 1.165) is 15.2 Å². The SMILES string of the molecule is N#CC(=Cc1ccc(-c2nc3ccccc3s2)o1)C(N)=O. The molecule has 0 bridgehead atoms. The molecule has 21 heavy (non-hydrogen) atoms. The molecule has 102 valence electrons. The summed E-state index contributed by atoms with van der Waals surface area (Å²) in [6, 6.07) is 12.9. The molecule has 0 radical (unpaired) electrons. The van der Waals surface area contributed by atoms with Gasteiger partial charge >= 0.3 is 0 Å². The molecule has 0 aliphatic heterocycles. The topological polar surface area (TPSA) is 92.9 Å². The number of hydrogen-bond acceptors (Lipinski definition) is 5. The third kappa shape index (κ3) is 2.55. The van der Waals surface area contributed by atoms with E-state index < -0.39 is 5.91 Å². The highest BCUT2D eigenvalue weighted by Crippen LogP contribution is 2.31. The van der Waals surface area contributed by atoms with E-state index in [1.54, 1.807) is 18.2 Å². The van der Waals surface area contributed by atoms with E-state index >= 15 is 0 Å². The summed E-state index contributed by atoms with van der Waals surface area (Å²) in [6.07, 6.45) is 1.32. The molecule has 2 aromatic heterocycles. The molecule has 2 heterocycles. The van der Waals surface area contributed by atoms with Crippen LogP contribution in [0, 0.1) is 11.3 Å². The van der Waals surface area contributed by atoms with Gasteiger partial charge in [-0.25, -0.2) is 4.98 Å². The number of thiazole rings is 1. The van der Waals surface area contributed by atoms with Crippen LogP contribution in [0.15, 0.2) is 46.4 Å². The number of hydrogen-bond donors (Lipinski definition) is 1. The lowest BCUT2D eigenvalue weighted by Crippen LogP contribution is -2.12. The summed E-state index contributed by atoms with van der Waals surface area (Å²) >= 11 is 1.51. The summed E-state index contributed by atoms with van der Waals surface area (Å²) in [7, 11) is 0. The number of para-hydroxylation sites is 1. The maximum Gasteiger partial charge on any atom is 0.259 e. The first kappa shape index (κ1) is 13.1. The monoisotopic (exact) mass is 295 g/mol. The van der Waals surface area contributed by atoms with Crippen LogP contribution in [0.1, 0.15) is 5.76 Å². The summed E-state index contributed by atoms with van der Waals surface area (Å²) in [5.41, 5.74) is 5.83. The molecule has 6 heteroatoms. The van der Waals surface area contributed by atoms with Crippen LogP contribution in [0.2, 0.25) is 0 Å². The Bertz CT molecular complexity index is 866. The van der Waals surface area contributed by atoms with Gasteiger partial charge in [-0.1, -0.05) is 12.1 Å². The van der Waals surface area contributed by atoms with Gasteiger partial charge in [-0.15, -0.1) is 11.3 Å². The quantitative estimate of drug-likeness (QED) is 0.594. The molecule has 0 atom stereocenters. The van der Waals surface area contributed by atoms with Crippen molar-refractivity contribution < 1.29 is 9.21 Å². The summed E-state index contributed by atoms with van der Waals surface area (Å²) < 4.78 is 6.66. The molecule has 0 spiro atoms. The van der Waals surface area contributed by atoms with Gasteiger partial charge in [0, 0.05) is 6.08 Å². The lowest BCUT2D eigenvalue weighted by molar-refractivity contribution is -0.114. The van der Waals surface area contributed by atoms with E-state index in [4.69, 9.17) is 15.4 Å². The summed E-state index contributed by atoms with van der Waals surface area (Å²) in [5, 5.41) is 9.55. The second-order valence-corrected chi connectivity index (χ2v) is 5.25. The van der Waals surface area contributed by atoms with E-state index in [1.165, 1.54) is 17.4 Å². The maximum absolute atomic E-state index is 11.0. The van der Waals surface area contributed by atoms with Crippen molar-refractivity contribution in [3.8, 4) is 16.8 Å². The molecule has 0 fully saturated rings. The molecule has 0 aliphatic rings. The zero-order valence-electron chi connectivity index (χ0n) is 10.7. The van der Waals surface area contributed by atoms with Gasteiger partial charge in [0.15, 0.2) is 10.8 Å². The standard InChI is InChI=1S/C15H9N3O2S/c16-8-9(14(17)19)7-10-5-6-12(20-10)15-18-11-3-1-2-4-13(11)21-15/h1-7H,(H2,17,19). The van der Waals surface area contributed by atoms with E-state index in [1.807, 2.05) is 24.3 Å². The number of rotatable bonds is 3. The molecular formula is C15H9N3O2S. The molecule has 0 saturated heterocycles. The number of primary amides is 1. The number of aromatic nitrogens is 1. The molecule has 0 saturated carbocycles. The first-order valence-corrected chi connectivity index (χ1v) is 6.86. The fourth-order valence-electron chi connectivity index (χ4n) is 1.82. The Morgan fingerprint density at radius 1 is 1.33 bits per heavy atom. The van der Waals surface area contributed by atoms with Crippen molar-refractivity contribution in [2.24, 2.45) is 5.73 Å². The Hall–Kier alpha value is -2.91. The Kier molecular flexibility index (Phi) is 3.26. The van der Waals surface area contributed by atoms with Crippen molar-refractivity contribution in [2.75, 3.05) is 0 Å². The second-order valence-electron chi connectivity index (χ2n) is 4.22. The highest BCUT2D eigenvalue weighted by atomic mass is 32.1. The smallest absolute Gasteiger partial charge is 0.259 e. The van der Waals surface area contributed by atoms with E-state index in [-0.39, 0.29) is 5.57 Å². The fraction of sp³-hybridized carbons (Fsp3) is 0. The maximum atomic E-state index is 11.0. The summed E-state index contributed by atoms with van der Waals surface area (Å²) in [6.45, 7) is 0. The number of nitrogens with two attached hydrogens (primary N) is 1. The Morgan fingerprint density at radius 2 is 2.14 bits per heavy atom. The van der Waals surface area contributed by atoms with Gasteiger partial charge in [-0.3, -0.25) is 4.79 Å². The minimum absolute atomic E-state index is 0.153. The van der Waals surface area contributed by atoms with Crippen LogP contribution in [0.5, 0.6) is 0 Å². The van der Waals surface area contributed by atoms with Crippen molar-refractivity contribution in [1.82, 2.24) is 4.98 Å². The predicted octanol–water partition coefficient (Wildman–Crippen LogP) is 2.95. The Morgan fingerprint density at radius 3 is 2.86 bits per heavy atom. The third-order valence-corrected chi connectivity index (χ3v) is 3.85. The molecule has 0 aliphatic carbocycles. The largest absolute Gasteiger partial charge is 0.454 e. The molecule has 1 amide bonds. The van der Waals surface area contributed by atoms with Gasteiger partial charge in [-0.2, -0.15) is 5.26 Å². The summed E-state index contributed by atoms with van der Waals surface area (Å²) in [4.78, 5) is 15.5. The molecule has 2 N–H and O–H groups in total. The predicted molar refractivity (Wildman–Crippen MR) is 80.1 cm³/mol. The van der Waals surface area contributed by atoms with Crippen LogP contribution < -0.4 is 5.73 Å². The van der Waals surface area contributed by atoms with Gasteiger partial charge in [0.05, 0.1) is 10.2 Å². The van der Waals surface area contributed by atoms with E-state index in [0.29, 0.717) is 11.5 Å². The van der Waals surface area contributed by atoms with Crippen molar-refractivity contribution in [2.45, 2.75) is 0 Å². The summed E-state index contributed by atoms with van der Waals surface area (Å²) in [5.74, 6) is 0.194. The normalized spacial score (nSPS) is 11.5. The molecule has 0 unspecified atom stereocenters. The van der Waals surface area contributed by atoms with Gasteiger partial charge < -0.3 is 10.2 Å². The van der Waals surface area contributed by atoms with Crippen molar-refractivity contribution in [1.29, 1.82) is 5.26 Å². The molecular weight excluding hydrogens is 286 g/mol. The number of nitriles is 1. The Balaban J connectivity index is 1.98. The highest BCUT2D eigenvalue weighted by Gasteiger charge is 2.11. The number of carbonyl (C=O) groups excluding carboxylic acids is 1. The van der Waals surface area contributed by atoms with Crippen molar-refractivity contribution in [3.05, 3.63) is 47.7 Å². The van der Waals surface area contributed by atoms with Crippen molar-refractivity contribution in [3.63, 3.8) is 0 Å². The number of amides is 1. The molecule has 1 aromatic carbocycles. The highest BCUT2D eigenvalue weighted by molar-refractivity contribution is 7.21. The minimum Gasteiger partial charge on any atom is -0.454 e. The lowest BCUT2D eigenvalue weighted by atomic mass is 10.2. The number of fused-ring (bicyclic) bond motifs is 1. The van der Waals surface area contributed by atoms with Gasteiger partial charge in [0.1, 0.15) is 17.4 Å². The van der Waals surface area contributed by atoms with Gasteiger partial charge in [-0.05, 0) is 24.3 Å². The number of furan rings is 1. The van der Waals surface area contributed by atoms with Gasteiger partial charge in [0.2, 0.25) is 0 Å². The van der Waals surface area contributed by atoms with Crippen LogP contribution in [0.4, 0.5) is 0 Å². The number of benzene rings is 1. The van der Waals surface area contributed by atoms with Crippen LogP contribution >= 0.6 is 11.3 Å². The van der Waals surface area contributed by atoms with Crippen molar-refractivity contribution >= 4 is 33.5 Å². The van der Waals surface area contributed by atoms with Gasteiger partial charge in [0.25, 0.3) is 5.91 Å².